The first-order valence-electron chi connectivity index (χ1n) is 10.8. The van der Waals surface area contributed by atoms with Crippen molar-refractivity contribution in [1.82, 2.24) is 9.80 Å². The van der Waals surface area contributed by atoms with Gasteiger partial charge in [-0.15, -0.1) is 0 Å². The summed E-state index contributed by atoms with van der Waals surface area (Å²) >= 11 is 0. The quantitative estimate of drug-likeness (QED) is 0.510. The lowest BCUT2D eigenvalue weighted by Gasteiger charge is -2.34. The molecule has 0 aromatic heterocycles. The van der Waals surface area contributed by atoms with Crippen LogP contribution in [0.25, 0.3) is 5.57 Å². The van der Waals surface area contributed by atoms with E-state index in [9.17, 15) is 14.7 Å². The average molecular weight is 401 g/mol. The Morgan fingerprint density at radius 2 is 1.86 bits per heavy atom. The molecule has 3 rings (SSSR count). The van der Waals surface area contributed by atoms with E-state index >= 15 is 0 Å². The first-order valence-corrected chi connectivity index (χ1v) is 10.8. The Kier molecular flexibility index (Phi) is 7.31. The van der Waals surface area contributed by atoms with Crippen molar-refractivity contribution in [1.29, 1.82) is 0 Å². The van der Waals surface area contributed by atoms with Crippen molar-refractivity contribution in [2.75, 3.05) is 32.8 Å². The number of carbonyl (C=O) groups excluding carboxylic acids is 2. The lowest BCUT2D eigenvalue weighted by atomic mass is 9.97. The van der Waals surface area contributed by atoms with Crippen LogP contribution >= 0.6 is 0 Å². The van der Waals surface area contributed by atoms with Crippen LogP contribution in [0.4, 0.5) is 0 Å². The van der Waals surface area contributed by atoms with E-state index in [0.717, 1.165) is 50.0 Å². The topological polar surface area (TPSA) is 70.1 Å². The second-order valence-corrected chi connectivity index (χ2v) is 7.79. The van der Waals surface area contributed by atoms with Gasteiger partial charge in [0.15, 0.2) is 0 Å². The lowest BCUT2D eigenvalue weighted by Crippen LogP contribution is -2.40. The van der Waals surface area contributed by atoms with E-state index in [-0.39, 0.29) is 24.3 Å². The summed E-state index contributed by atoms with van der Waals surface area (Å²) in [6.45, 7) is 6.49. The second kappa shape index (κ2) is 9.92. The predicted octanol–water partition coefficient (Wildman–Crippen LogP) is 3.06. The summed E-state index contributed by atoms with van der Waals surface area (Å²) in [5.74, 6) is 0.466. The van der Waals surface area contributed by atoms with E-state index in [1.165, 1.54) is 4.90 Å². The van der Waals surface area contributed by atoms with E-state index in [0.29, 0.717) is 31.0 Å². The molecule has 2 heterocycles. The maximum absolute atomic E-state index is 13.3. The number of unbranched alkanes of at least 4 members (excludes halogenated alkanes) is 2. The highest BCUT2D eigenvalue weighted by atomic mass is 16.5. The van der Waals surface area contributed by atoms with Gasteiger partial charge in [0.25, 0.3) is 11.8 Å². The van der Waals surface area contributed by atoms with Gasteiger partial charge in [0, 0.05) is 26.2 Å². The molecule has 0 radical (unpaired) electrons. The molecule has 0 spiro atoms. The highest BCUT2D eigenvalue weighted by Gasteiger charge is 2.42. The molecule has 1 unspecified atom stereocenters. The largest absolute Gasteiger partial charge is 0.494 e. The molecule has 6 heteroatoms. The predicted molar refractivity (Wildman–Crippen MR) is 112 cm³/mol. The number of hydrogen-bond acceptors (Lipinski definition) is 5. The maximum Gasteiger partial charge on any atom is 0.277 e. The first-order chi connectivity index (χ1) is 14.1. The van der Waals surface area contributed by atoms with Gasteiger partial charge in [-0.25, -0.2) is 0 Å². The maximum atomic E-state index is 13.3. The fourth-order valence-electron chi connectivity index (χ4n) is 4.14. The molecule has 0 saturated carbocycles. The second-order valence-electron chi connectivity index (χ2n) is 7.79. The zero-order valence-corrected chi connectivity index (χ0v) is 17.5. The Labute approximate surface area is 173 Å². The number of imide groups is 1. The number of aliphatic hydroxyl groups is 1. The standard InChI is InChI=1S/C23H32N2O4/c1-3-5-6-14-25-22(27)20(18-9-11-19(12-10-18)29-4-2)21(23(25)28)24-13-7-8-17(15-24)16-26/h9-12,17,26H,3-8,13-16H2,1-2H3. The highest BCUT2D eigenvalue weighted by Crippen LogP contribution is 2.34. The fourth-order valence-corrected chi connectivity index (χ4v) is 4.14. The Morgan fingerprint density at radius 3 is 2.52 bits per heavy atom. The number of amides is 2. The number of ether oxygens (including phenoxy) is 1. The lowest BCUT2D eigenvalue weighted by molar-refractivity contribution is -0.137. The van der Waals surface area contributed by atoms with Crippen LogP contribution in [0.15, 0.2) is 30.0 Å². The third kappa shape index (κ3) is 4.64. The number of rotatable bonds is 9. The highest BCUT2D eigenvalue weighted by molar-refractivity contribution is 6.35. The molecule has 1 aromatic rings. The third-order valence-electron chi connectivity index (χ3n) is 5.68. The molecular weight excluding hydrogens is 368 g/mol. The number of piperidine rings is 1. The minimum Gasteiger partial charge on any atom is -0.494 e. The number of likely N-dealkylation sites (tertiary alicyclic amines) is 1. The molecule has 1 atom stereocenters. The summed E-state index contributed by atoms with van der Waals surface area (Å²) in [5, 5.41) is 9.61. The van der Waals surface area contributed by atoms with Crippen molar-refractivity contribution < 1.29 is 19.4 Å². The summed E-state index contributed by atoms with van der Waals surface area (Å²) < 4.78 is 5.51. The van der Waals surface area contributed by atoms with Crippen molar-refractivity contribution in [2.45, 2.75) is 46.0 Å². The van der Waals surface area contributed by atoms with Gasteiger partial charge in [-0.2, -0.15) is 0 Å². The summed E-state index contributed by atoms with van der Waals surface area (Å²) in [6, 6.07) is 7.39. The van der Waals surface area contributed by atoms with E-state index in [1.807, 2.05) is 36.1 Å². The van der Waals surface area contributed by atoms with Crippen LogP contribution in [0, 0.1) is 5.92 Å². The van der Waals surface area contributed by atoms with Gasteiger partial charge >= 0.3 is 0 Å². The Hall–Kier alpha value is -2.34. The number of aliphatic hydroxyl groups excluding tert-OH is 1. The van der Waals surface area contributed by atoms with Gasteiger partial charge in [-0.3, -0.25) is 14.5 Å². The number of nitrogens with zero attached hydrogens (tertiary/aromatic N) is 2. The van der Waals surface area contributed by atoms with Crippen molar-refractivity contribution in [3.8, 4) is 5.75 Å². The molecule has 2 aliphatic heterocycles. The summed E-state index contributed by atoms with van der Waals surface area (Å²) in [5.41, 5.74) is 1.72. The van der Waals surface area contributed by atoms with E-state index < -0.39 is 0 Å². The summed E-state index contributed by atoms with van der Waals surface area (Å²) in [4.78, 5) is 30.0. The van der Waals surface area contributed by atoms with Crippen LogP contribution in [0.2, 0.25) is 0 Å². The van der Waals surface area contributed by atoms with Crippen LogP contribution in [0.1, 0.15) is 51.5 Å². The molecule has 1 aromatic carbocycles. The molecule has 0 aliphatic carbocycles. The van der Waals surface area contributed by atoms with E-state index in [1.54, 1.807) is 0 Å². The Bertz CT molecular complexity index is 757. The van der Waals surface area contributed by atoms with Crippen LogP contribution in [-0.4, -0.2) is 59.6 Å². The molecule has 0 bridgehead atoms. The average Bonchev–Trinajstić information content (AvgIpc) is 2.99. The zero-order valence-electron chi connectivity index (χ0n) is 17.5. The zero-order chi connectivity index (χ0) is 20.8. The summed E-state index contributed by atoms with van der Waals surface area (Å²) in [6.07, 6.45) is 4.69. The molecule has 6 nitrogen and oxygen atoms in total. The van der Waals surface area contributed by atoms with Crippen molar-refractivity contribution >= 4 is 17.4 Å². The molecule has 1 saturated heterocycles. The molecule has 29 heavy (non-hydrogen) atoms. The number of carbonyl (C=O) groups is 2. The van der Waals surface area contributed by atoms with Gasteiger partial charge in [0.05, 0.1) is 12.2 Å². The van der Waals surface area contributed by atoms with Crippen molar-refractivity contribution in [3.63, 3.8) is 0 Å². The van der Waals surface area contributed by atoms with Crippen LogP contribution in [0.3, 0.4) is 0 Å². The number of hydrogen-bond donors (Lipinski definition) is 1. The molecule has 2 amide bonds. The Balaban J connectivity index is 1.95. The molecular formula is C23H32N2O4. The van der Waals surface area contributed by atoms with Crippen molar-refractivity contribution in [3.05, 3.63) is 35.5 Å². The Morgan fingerprint density at radius 1 is 1.10 bits per heavy atom. The smallest absolute Gasteiger partial charge is 0.277 e. The van der Waals surface area contributed by atoms with Gasteiger partial charge < -0.3 is 14.7 Å². The SMILES string of the molecule is CCCCCN1C(=O)C(c2ccc(OCC)cc2)=C(N2CCCC(CO)C2)C1=O. The van der Waals surface area contributed by atoms with Gasteiger partial charge in [-0.1, -0.05) is 31.9 Å². The van der Waals surface area contributed by atoms with Crippen LogP contribution in [-0.2, 0) is 9.59 Å². The van der Waals surface area contributed by atoms with Crippen LogP contribution in [0.5, 0.6) is 5.75 Å². The van der Waals surface area contributed by atoms with Gasteiger partial charge in [0.2, 0.25) is 0 Å². The van der Waals surface area contributed by atoms with Crippen molar-refractivity contribution in [2.24, 2.45) is 5.92 Å². The third-order valence-corrected chi connectivity index (χ3v) is 5.68. The summed E-state index contributed by atoms with van der Waals surface area (Å²) in [7, 11) is 0. The monoisotopic (exact) mass is 400 g/mol. The van der Waals surface area contributed by atoms with E-state index in [2.05, 4.69) is 6.92 Å². The van der Waals surface area contributed by atoms with Crippen LogP contribution < -0.4 is 4.74 Å². The fraction of sp³-hybridized carbons (Fsp3) is 0.565. The van der Waals surface area contributed by atoms with Gasteiger partial charge in [-0.05, 0) is 49.8 Å². The molecule has 1 N–H and O–H groups in total. The number of benzene rings is 1. The van der Waals surface area contributed by atoms with Gasteiger partial charge in [0.1, 0.15) is 11.4 Å². The minimum absolute atomic E-state index is 0.102. The molecule has 1 fully saturated rings. The minimum atomic E-state index is -0.212. The molecule has 158 valence electrons. The normalized spacial score (nSPS) is 20.0. The molecule has 2 aliphatic rings. The first kappa shape index (κ1) is 21.4. The van der Waals surface area contributed by atoms with E-state index in [4.69, 9.17) is 4.74 Å².